The zero-order valence-electron chi connectivity index (χ0n) is 11.5. The zero-order chi connectivity index (χ0) is 14.1. The van der Waals surface area contributed by atoms with Gasteiger partial charge >= 0.3 is 0 Å². The summed E-state index contributed by atoms with van der Waals surface area (Å²) in [5, 5.41) is 0. The average molecular weight is 329 g/mol. The van der Waals surface area contributed by atoms with E-state index in [1.54, 1.807) is 0 Å². The van der Waals surface area contributed by atoms with Crippen LogP contribution in [0.5, 0.6) is 0 Å². The lowest BCUT2D eigenvalue weighted by Gasteiger charge is -2.27. The van der Waals surface area contributed by atoms with Gasteiger partial charge in [-0.3, -0.25) is 4.79 Å². The molecule has 0 bridgehead atoms. The number of ketones is 1. The molecule has 0 radical (unpaired) electrons. The first-order valence-corrected chi connectivity index (χ1v) is 7.86. The molecule has 0 heterocycles. The van der Waals surface area contributed by atoms with Gasteiger partial charge in [-0.05, 0) is 55.0 Å². The Morgan fingerprint density at radius 1 is 1.15 bits per heavy atom. The van der Waals surface area contributed by atoms with E-state index in [0.29, 0.717) is 5.92 Å². The number of aryl methyl sites for hydroxylation is 1. The molecule has 1 saturated carbocycles. The second-order valence-corrected chi connectivity index (χ2v) is 6.36. The largest absolute Gasteiger partial charge is 0.289 e. The average Bonchev–Trinajstić information content (AvgIpc) is 2.40. The van der Waals surface area contributed by atoms with Gasteiger partial charge in [0, 0.05) is 15.6 Å². The first kappa shape index (κ1) is 13.6. The van der Waals surface area contributed by atoms with Crippen LogP contribution in [0.3, 0.4) is 0 Å². The highest BCUT2D eigenvalue weighted by atomic mass is 79.9. The maximum atomic E-state index is 12.8. The summed E-state index contributed by atoms with van der Waals surface area (Å²) < 4.78 is 1.04. The topological polar surface area (TPSA) is 17.1 Å². The van der Waals surface area contributed by atoms with E-state index in [4.69, 9.17) is 0 Å². The summed E-state index contributed by atoms with van der Waals surface area (Å²) in [7, 11) is 0. The third-order valence-corrected chi connectivity index (χ3v) is 5.06. The van der Waals surface area contributed by atoms with Gasteiger partial charge in [0.25, 0.3) is 0 Å². The number of carbonyl (C=O) groups is 1. The molecule has 1 aliphatic carbocycles. The van der Waals surface area contributed by atoms with E-state index in [1.165, 1.54) is 24.8 Å². The Balaban J connectivity index is 1.99. The van der Waals surface area contributed by atoms with E-state index in [1.807, 2.05) is 43.3 Å². The normalized spacial score (nSPS) is 14.9. The van der Waals surface area contributed by atoms with E-state index in [-0.39, 0.29) is 5.78 Å². The maximum absolute atomic E-state index is 12.8. The van der Waals surface area contributed by atoms with Crippen molar-refractivity contribution in [2.24, 2.45) is 0 Å². The summed E-state index contributed by atoms with van der Waals surface area (Å²) in [4.78, 5) is 12.8. The van der Waals surface area contributed by atoms with Crippen LogP contribution in [0, 0.1) is 6.92 Å². The Bertz CT molecular complexity index is 656. The molecule has 0 saturated heterocycles. The fraction of sp³-hybridized carbons (Fsp3) is 0.278. The van der Waals surface area contributed by atoms with Crippen LogP contribution in [0.2, 0.25) is 0 Å². The van der Waals surface area contributed by atoms with Crippen LogP contribution in [0.25, 0.3) is 0 Å². The second-order valence-electron chi connectivity index (χ2n) is 5.51. The van der Waals surface area contributed by atoms with E-state index in [9.17, 15) is 4.79 Å². The van der Waals surface area contributed by atoms with Crippen LogP contribution in [0.1, 0.15) is 52.2 Å². The minimum Gasteiger partial charge on any atom is -0.289 e. The molecular formula is C18H17BrO. The van der Waals surface area contributed by atoms with Crippen molar-refractivity contribution in [1.82, 2.24) is 0 Å². The van der Waals surface area contributed by atoms with Crippen molar-refractivity contribution in [3.05, 3.63) is 69.2 Å². The molecule has 2 heteroatoms. The summed E-state index contributed by atoms with van der Waals surface area (Å²) in [6.45, 7) is 2.01. The molecule has 0 amide bonds. The van der Waals surface area contributed by atoms with Crippen molar-refractivity contribution in [2.45, 2.75) is 32.1 Å². The Morgan fingerprint density at radius 3 is 2.55 bits per heavy atom. The number of carbonyl (C=O) groups excluding carboxylic acids is 1. The molecule has 2 aromatic rings. The van der Waals surface area contributed by atoms with Crippen LogP contribution in [-0.2, 0) is 0 Å². The summed E-state index contributed by atoms with van der Waals surface area (Å²) >= 11 is 3.48. The van der Waals surface area contributed by atoms with Crippen LogP contribution in [0.4, 0.5) is 0 Å². The molecule has 0 atom stereocenters. The van der Waals surface area contributed by atoms with Gasteiger partial charge in [-0.25, -0.2) is 0 Å². The Morgan fingerprint density at radius 2 is 1.90 bits per heavy atom. The number of hydrogen-bond donors (Lipinski definition) is 0. The molecule has 0 N–H and O–H groups in total. The molecule has 1 fully saturated rings. The Kier molecular flexibility index (Phi) is 3.75. The third-order valence-electron chi connectivity index (χ3n) is 4.17. The molecule has 3 rings (SSSR count). The van der Waals surface area contributed by atoms with Crippen molar-refractivity contribution in [3.63, 3.8) is 0 Å². The quantitative estimate of drug-likeness (QED) is 0.702. The van der Waals surface area contributed by atoms with Gasteiger partial charge in [-0.15, -0.1) is 0 Å². The van der Waals surface area contributed by atoms with E-state index in [0.717, 1.165) is 21.2 Å². The lowest BCUT2D eigenvalue weighted by atomic mass is 9.77. The highest BCUT2D eigenvalue weighted by Crippen LogP contribution is 2.38. The molecule has 0 unspecified atom stereocenters. The summed E-state index contributed by atoms with van der Waals surface area (Å²) in [5.41, 5.74) is 3.97. The third kappa shape index (κ3) is 2.45. The standard InChI is InChI=1S/C18H17BrO/c1-12-11-14(9-10-17(12)19)18(20)16-8-3-2-7-15(16)13-5-4-6-13/h2-3,7-11,13H,4-6H2,1H3. The predicted molar refractivity (Wildman–Crippen MR) is 85.3 cm³/mol. The highest BCUT2D eigenvalue weighted by Gasteiger charge is 2.24. The Labute approximate surface area is 128 Å². The molecule has 0 aromatic heterocycles. The number of benzene rings is 2. The van der Waals surface area contributed by atoms with Crippen molar-refractivity contribution in [3.8, 4) is 0 Å². The summed E-state index contributed by atoms with van der Waals surface area (Å²) in [6.07, 6.45) is 3.71. The van der Waals surface area contributed by atoms with Gasteiger partial charge in [-0.1, -0.05) is 46.6 Å². The van der Waals surface area contributed by atoms with Crippen LogP contribution >= 0.6 is 15.9 Å². The van der Waals surface area contributed by atoms with E-state index in [2.05, 4.69) is 22.0 Å². The molecule has 20 heavy (non-hydrogen) atoms. The number of halogens is 1. The smallest absolute Gasteiger partial charge is 0.193 e. The first-order chi connectivity index (χ1) is 9.66. The van der Waals surface area contributed by atoms with Crippen molar-refractivity contribution in [2.75, 3.05) is 0 Å². The fourth-order valence-corrected chi connectivity index (χ4v) is 2.97. The lowest BCUT2D eigenvalue weighted by molar-refractivity contribution is 0.103. The second kappa shape index (κ2) is 5.53. The molecule has 2 aromatic carbocycles. The zero-order valence-corrected chi connectivity index (χ0v) is 13.1. The lowest BCUT2D eigenvalue weighted by Crippen LogP contribution is -2.14. The minimum absolute atomic E-state index is 0.142. The van der Waals surface area contributed by atoms with Gasteiger partial charge < -0.3 is 0 Å². The number of hydrogen-bond acceptors (Lipinski definition) is 1. The SMILES string of the molecule is Cc1cc(C(=O)c2ccccc2C2CCC2)ccc1Br. The van der Waals surface area contributed by atoms with Crippen molar-refractivity contribution >= 4 is 21.7 Å². The van der Waals surface area contributed by atoms with E-state index >= 15 is 0 Å². The summed E-state index contributed by atoms with van der Waals surface area (Å²) in [5.74, 6) is 0.717. The molecule has 0 spiro atoms. The Hall–Kier alpha value is -1.41. The van der Waals surface area contributed by atoms with Crippen molar-refractivity contribution < 1.29 is 4.79 Å². The first-order valence-electron chi connectivity index (χ1n) is 7.06. The van der Waals surface area contributed by atoms with E-state index < -0.39 is 0 Å². The predicted octanol–water partition coefficient (Wildman–Crippen LogP) is 5.26. The van der Waals surface area contributed by atoms with Crippen molar-refractivity contribution in [1.29, 1.82) is 0 Å². The molecule has 0 aliphatic heterocycles. The maximum Gasteiger partial charge on any atom is 0.193 e. The highest BCUT2D eigenvalue weighted by molar-refractivity contribution is 9.10. The van der Waals surface area contributed by atoms with Gasteiger partial charge in [0.1, 0.15) is 0 Å². The van der Waals surface area contributed by atoms with Crippen LogP contribution in [0.15, 0.2) is 46.9 Å². The number of rotatable bonds is 3. The minimum atomic E-state index is 0.142. The van der Waals surface area contributed by atoms with Crippen LogP contribution < -0.4 is 0 Å². The van der Waals surface area contributed by atoms with Gasteiger partial charge in [-0.2, -0.15) is 0 Å². The van der Waals surface area contributed by atoms with Crippen LogP contribution in [-0.4, -0.2) is 5.78 Å². The monoisotopic (exact) mass is 328 g/mol. The van der Waals surface area contributed by atoms with Gasteiger partial charge in [0.2, 0.25) is 0 Å². The fourth-order valence-electron chi connectivity index (χ4n) is 2.72. The molecule has 1 nitrogen and oxygen atoms in total. The van der Waals surface area contributed by atoms with Gasteiger partial charge in [0.15, 0.2) is 5.78 Å². The molecular weight excluding hydrogens is 312 g/mol. The summed E-state index contributed by atoms with van der Waals surface area (Å²) in [6, 6.07) is 13.9. The molecule has 102 valence electrons. The molecule has 1 aliphatic rings. The van der Waals surface area contributed by atoms with Gasteiger partial charge in [0.05, 0.1) is 0 Å².